The standard InChI is InChI=1S/C21H25NO2/c1-3-4-5-7-16-10-11-17(15(2)14-16)12-13-20(24)21-18(22)8-6-9-19(21)23/h6,8-14,23H,3-5,7,22H2,1-2H3. The second-order valence-corrected chi connectivity index (χ2v) is 6.09. The van der Waals surface area contributed by atoms with E-state index in [0.29, 0.717) is 0 Å². The molecule has 0 fully saturated rings. The summed E-state index contributed by atoms with van der Waals surface area (Å²) in [6, 6.07) is 11.0. The van der Waals surface area contributed by atoms with Crippen molar-refractivity contribution >= 4 is 17.5 Å². The third kappa shape index (κ3) is 4.48. The molecule has 0 atom stereocenters. The molecule has 0 saturated heterocycles. The molecule has 0 heterocycles. The quantitative estimate of drug-likeness (QED) is 0.329. The fourth-order valence-corrected chi connectivity index (χ4v) is 2.73. The van der Waals surface area contributed by atoms with Gasteiger partial charge in [-0.1, -0.05) is 50.1 Å². The number of unbranched alkanes of at least 4 members (excludes halogenated alkanes) is 2. The van der Waals surface area contributed by atoms with Gasteiger partial charge in [0.25, 0.3) is 0 Å². The van der Waals surface area contributed by atoms with Crippen molar-refractivity contribution in [3.63, 3.8) is 0 Å². The van der Waals surface area contributed by atoms with Gasteiger partial charge in [0.1, 0.15) is 5.75 Å². The van der Waals surface area contributed by atoms with Gasteiger partial charge in [-0.25, -0.2) is 0 Å². The molecule has 0 saturated carbocycles. The van der Waals surface area contributed by atoms with Crippen LogP contribution >= 0.6 is 0 Å². The highest BCUT2D eigenvalue weighted by Crippen LogP contribution is 2.24. The number of rotatable bonds is 7. The zero-order valence-electron chi connectivity index (χ0n) is 14.4. The molecular formula is C21H25NO2. The third-order valence-electron chi connectivity index (χ3n) is 4.14. The monoisotopic (exact) mass is 323 g/mol. The summed E-state index contributed by atoms with van der Waals surface area (Å²) in [5.41, 5.74) is 9.69. The van der Waals surface area contributed by atoms with Gasteiger partial charge in [0.05, 0.1) is 5.56 Å². The third-order valence-corrected chi connectivity index (χ3v) is 4.14. The van der Waals surface area contributed by atoms with Crippen molar-refractivity contribution < 1.29 is 9.90 Å². The Bertz CT molecular complexity index is 727. The van der Waals surface area contributed by atoms with Crippen LogP contribution in [0.2, 0.25) is 0 Å². The van der Waals surface area contributed by atoms with Gasteiger partial charge >= 0.3 is 0 Å². The lowest BCUT2D eigenvalue weighted by Gasteiger charge is -2.06. The van der Waals surface area contributed by atoms with Crippen LogP contribution in [0, 0.1) is 6.92 Å². The van der Waals surface area contributed by atoms with E-state index >= 15 is 0 Å². The number of ketones is 1. The molecule has 2 aromatic rings. The average Bonchev–Trinajstić information content (AvgIpc) is 2.54. The molecule has 24 heavy (non-hydrogen) atoms. The lowest BCUT2D eigenvalue weighted by atomic mass is 10.00. The molecule has 3 heteroatoms. The number of carbonyl (C=O) groups is 1. The Morgan fingerprint density at radius 2 is 2.00 bits per heavy atom. The number of nitrogens with two attached hydrogens (primary N) is 1. The number of carbonyl (C=O) groups excluding carboxylic acids is 1. The lowest BCUT2D eigenvalue weighted by molar-refractivity contribution is 0.104. The predicted octanol–water partition coefficient (Wildman–Crippen LogP) is 4.91. The summed E-state index contributed by atoms with van der Waals surface area (Å²) in [7, 11) is 0. The van der Waals surface area contributed by atoms with E-state index in [1.807, 2.05) is 13.0 Å². The van der Waals surface area contributed by atoms with Gasteiger partial charge in [0, 0.05) is 5.69 Å². The highest BCUT2D eigenvalue weighted by atomic mass is 16.3. The Balaban J connectivity index is 2.13. The fourth-order valence-electron chi connectivity index (χ4n) is 2.73. The minimum atomic E-state index is -0.294. The highest BCUT2D eigenvalue weighted by Gasteiger charge is 2.11. The number of phenolic OH excluding ortho intramolecular Hbond substituents is 1. The number of aromatic hydroxyl groups is 1. The SMILES string of the molecule is CCCCCc1ccc(C=CC(=O)c2c(N)cccc2O)c(C)c1. The molecule has 0 radical (unpaired) electrons. The molecule has 3 nitrogen and oxygen atoms in total. The zero-order chi connectivity index (χ0) is 17.5. The van der Waals surface area contributed by atoms with Crippen LogP contribution in [0.3, 0.4) is 0 Å². The number of aryl methyl sites for hydroxylation is 2. The van der Waals surface area contributed by atoms with Crippen LogP contribution in [0.25, 0.3) is 6.08 Å². The van der Waals surface area contributed by atoms with Crippen LogP contribution in [0.1, 0.15) is 53.2 Å². The molecule has 0 bridgehead atoms. The van der Waals surface area contributed by atoms with Crippen molar-refractivity contribution in [1.82, 2.24) is 0 Å². The van der Waals surface area contributed by atoms with E-state index in [-0.39, 0.29) is 22.8 Å². The molecule has 0 aromatic heterocycles. The Morgan fingerprint density at radius 1 is 1.21 bits per heavy atom. The summed E-state index contributed by atoms with van der Waals surface area (Å²) < 4.78 is 0. The first-order valence-electron chi connectivity index (χ1n) is 8.42. The van der Waals surface area contributed by atoms with Gasteiger partial charge in [-0.3, -0.25) is 4.79 Å². The number of hydrogen-bond donors (Lipinski definition) is 2. The Hall–Kier alpha value is -2.55. The minimum absolute atomic E-state index is 0.0901. The van der Waals surface area contributed by atoms with Crippen LogP contribution in [0.4, 0.5) is 5.69 Å². The Morgan fingerprint density at radius 3 is 2.67 bits per heavy atom. The molecule has 0 aliphatic carbocycles. The molecule has 0 amide bonds. The minimum Gasteiger partial charge on any atom is -0.507 e. The summed E-state index contributed by atoms with van der Waals surface area (Å²) >= 11 is 0. The maximum Gasteiger partial charge on any atom is 0.191 e. The summed E-state index contributed by atoms with van der Waals surface area (Å²) in [5, 5.41) is 9.82. The number of hydrogen-bond acceptors (Lipinski definition) is 3. The first-order chi connectivity index (χ1) is 11.5. The molecule has 2 aromatic carbocycles. The van der Waals surface area contributed by atoms with E-state index in [1.54, 1.807) is 18.2 Å². The van der Waals surface area contributed by atoms with Gasteiger partial charge in [0.15, 0.2) is 5.78 Å². The van der Waals surface area contributed by atoms with E-state index in [4.69, 9.17) is 5.73 Å². The normalized spacial score (nSPS) is 11.1. The fraction of sp³-hybridized carbons (Fsp3) is 0.286. The molecule has 3 N–H and O–H groups in total. The largest absolute Gasteiger partial charge is 0.507 e. The molecule has 0 spiro atoms. The smallest absolute Gasteiger partial charge is 0.191 e. The van der Waals surface area contributed by atoms with Crippen LogP contribution < -0.4 is 5.73 Å². The van der Waals surface area contributed by atoms with Crippen LogP contribution in [0.5, 0.6) is 5.75 Å². The number of nitrogen functional groups attached to an aromatic ring is 1. The molecule has 0 aliphatic heterocycles. The summed E-state index contributed by atoms with van der Waals surface area (Å²) in [4.78, 5) is 12.3. The van der Waals surface area contributed by atoms with E-state index in [0.717, 1.165) is 17.5 Å². The highest BCUT2D eigenvalue weighted by molar-refractivity contribution is 6.11. The van der Waals surface area contributed by atoms with Gasteiger partial charge in [-0.2, -0.15) is 0 Å². The Kier molecular flexibility index (Phi) is 6.19. The molecule has 126 valence electrons. The molecule has 2 rings (SSSR count). The predicted molar refractivity (Wildman–Crippen MR) is 100 cm³/mol. The van der Waals surface area contributed by atoms with Crippen LogP contribution in [-0.2, 0) is 6.42 Å². The number of benzene rings is 2. The van der Waals surface area contributed by atoms with Crippen LogP contribution in [0.15, 0.2) is 42.5 Å². The van der Waals surface area contributed by atoms with E-state index in [9.17, 15) is 9.90 Å². The lowest BCUT2D eigenvalue weighted by Crippen LogP contribution is -2.01. The number of allylic oxidation sites excluding steroid dienone is 1. The van der Waals surface area contributed by atoms with Crippen molar-refractivity contribution in [2.24, 2.45) is 0 Å². The van der Waals surface area contributed by atoms with E-state index < -0.39 is 0 Å². The van der Waals surface area contributed by atoms with E-state index in [2.05, 4.69) is 19.1 Å². The Labute approximate surface area is 143 Å². The topological polar surface area (TPSA) is 63.3 Å². The van der Waals surface area contributed by atoms with Crippen molar-refractivity contribution in [1.29, 1.82) is 0 Å². The van der Waals surface area contributed by atoms with E-state index in [1.165, 1.54) is 37.0 Å². The number of phenols is 1. The van der Waals surface area contributed by atoms with Crippen molar-refractivity contribution in [3.05, 3.63) is 64.7 Å². The summed E-state index contributed by atoms with van der Waals surface area (Å²) in [5.74, 6) is -0.385. The van der Waals surface area contributed by atoms with Gasteiger partial charge in [0.2, 0.25) is 0 Å². The second kappa shape index (κ2) is 8.34. The zero-order valence-corrected chi connectivity index (χ0v) is 14.4. The van der Waals surface area contributed by atoms with Crippen molar-refractivity contribution in [2.45, 2.75) is 39.5 Å². The molecule has 0 aliphatic rings. The van der Waals surface area contributed by atoms with Crippen LogP contribution in [-0.4, -0.2) is 10.9 Å². The average molecular weight is 323 g/mol. The molecular weight excluding hydrogens is 298 g/mol. The summed E-state index contributed by atoms with van der Waals surface area (Å²) in [6.07, 6.45) is 8.00. The number of anilines is 1. The maximum atomic E-state index is 12.3. The summed E-state index contributed by atoms with van der Waals surface area (Å²) in [6.45, 7) is 4.25. The van der Waals surface area contributed by atoms with Crippen molar-refractivity contribution in [2.75, 3.05) is 5.73 Å². The first-order valence-corrected chi connectivity index (χ1v) is 8.42. The molecule has 0 unspecified atom stereocenters. The maximum absolute atomic E-state index is 12.3. The van der Waals surface area contributed by atoms with Gasteiger partial charge in [-0.05, 0) is 54.7 Å². The first kappa shape index (κ1) is 17.8. The van der Waals surface area contributed by atoms with Crippen molar-refractivity contribution in [3.8, 4) is 5.75 Å². The second-order valence-electron chi connectivity index (χ2n) is 6.09. The van der Waals surface area contributed by atoms with Gasteiger partial charge in [-0.15, -0.1) is 0 Å². The van der Waals surface area contributed by atoms with Gasteiger partial charge < -0.3 is 10.8 Å².